The predicted molar refractivity (Wildman–Crippen MR) is 95.2 cm³/mol. The minimum absolute atomic E-state index is 0.0121. The lowest BCUT2D eigenvalue weighted by molar-refractivity contribution is -0.00543. The Bertz CT molecular complexity index is 956. The highest BCUT2D eigenvalue weighted by Gasteiger charge is 2.43. The zero-order chi connectivity index (χ0) is 20.9. The fourth-order valence-corrected chi connectivity index (χ4v) is 3.85. The number of carbonyl (C=O) groups excluding carboxylic acids is 2. The zero-order valence-corrected chi connectivity index (χ0v) is 15.6. The van der Waals surface area contributed by atoms with Gasteiger partial charge in [0, 0.05) is 18.7 Å². The number of alkyl halides is 2. The van der Waals surface area contributed by atoms with Crippen LogP contribution in [0.25, 0.3) is 11.0 Å². The van der Waals surface area contributed by atoms with Crippen molar-refractivity contribution in [2.75, 3.05) is 29.5 Å². The van der Waals surface area contributed by atoms with Crippen LogP contribution in [0.15, 0.2) is 10.6 Å². The van der Waals surface area contributed by atoms with Gasteiger partial charge in [-0.15, -0.1) is 0 Å². The number of carbonyl (C=O) groups is 2. The third kappa shape index (κ3) is 3.18. The summed E-state index contributed by atoms with van der Waals surface area (Å²) in [5, 5.41) is 3.57. The minimum Gasteiger partial charge on any atom is -0.447 e. The normalized spacial score (nSPS) is 25.2. The first-order valence-electron chi connectivity index (χ1n) is 9.03. The summed E-state index contributed by atoms with van der Waals surface area (Å²) < 4.78 is 57.3. The number of anilines is 2. The predicted octanol–water partition coefficient (Wildman–Crippen LogP) is 2.98. The molecule has 3 atom stereocenters. The van der Waals surface area contributed by atoms with E-state index >= 15 is 4.39 Å². The summed E-state index contributed by atoms with van der Waals surface area (Å²) in [6.45, 7) is 3.82. The second-order valence-electron chi connectivity index (χ2n) is 7.14. The number of ether oxygens (including phenoxy) is 2. The number of aromatic nitrogens is 1. The number of nitrogens with zero attached hydrogens (tertiary/aromatic N) is 3. The van der Waals surface area contributed by atoms with E-state index in [4.69, 9.17) is 9.26 Å². The summed E-state index contributed by atoms with van der Waals surface area (Å²) in [5.74, 6) is -1.17. The van der Waals surface area contributed by atoms with Crippen molar-refractivity contribution in [3.63, 3.8) is 0 Å². The average Bonchev–Trinajstić information content (AvgIpc) is 3.23. The van der Waals surface area contributed by atoms with Gasteiger partial charge in [0.05, 0.1) is 23.3 Å². The van der Waals surface area contributed by atoms with Crippen molar-refractivity contribution >= 4 is 34.9 Å². The molecule has 8 nitrogen and oxygen atoms in total. The molecule has 1 aromatic carbocycles. The SMILES string of the molecule is C[C@@H]1CN(c2c(C=O)cc3c(N4C(=O)OCC4C(F)F)noc3c2F)C[C@@H](C)O1. The van der Waals surface area contributed by atoms with Crippen molar-refractivity contribution in [1.29, 1.82) is 0 Å². The van der Waals surface area contributed by atoms with Gasteiger partial charge in [0.2, 0.25) is 5.58 Å². The van der Waals surface area contributed by atoms with Crippen LogP contribution in [0.5, 0.6) is 0 Å². The molecular weight excluding hydrogens is 395 g/mol. The third-order valence-electron chi connectivity index (χ3n) is 4.98. The highest BCUT2D eigenvalue weighted by molar-refractivity contribution is 6.03. The van der Waals surface area contributed by atoms with Crippen molar-refractivity contribution in [3.05, 3.63) is 17.4 Å². The second-order valence-corrected chi connectivity index (χ2v) is 7.14. The first kappa shape index (κ1) is 19.5. The number of morpholine rings is 1. The quantitative estimate of drug-likeness (QED) is 0.713. The van der Waals surface area contributed by atoms with Gasteiger partial charge in [0.15, 0.2) is 17.9 Å². The van der Waals surface area contributed by atoms with Crippen molar-refractivity contribution in [2.45, 2.75) is 38.5 Å². The van der Waals surface area contributed by atoms with Crippen LogP contribution in [-0.2, 0) is 9.47 Å². The van der Waals surface area contributed by atoms with E-state index < -0.39 is 31.0 Å². The van der Waals surface area contributed by atoms with Gasteiger partial charge in [-0.05, 0) is 19.9 Å². The van der Waals surface area contributed by atoms with E-state index in [2.05, 4.69) is 9.89 Å². The number of hydrogen-bond donors (Lipinski definition) is 0. The molecule has 2 aromatic rings. The van der Waals surface area contributed by atoms with Crippen LogP contribution in [-0.4, -0.2) is 61.9 Å². The van der Waals surface area contributed by atoms with Crippen LogP contribution in [0, 0.1) is 5.82 Å². The van der Waals surface area contributed by atoms with Gasteiger partial charge in [0.25, 0.3) is 6.43 Å². The Kier molecular flexibility index (Phi) is 4.85. The smallest absolute Gasteiger partial charge is 0.416 e. The molecule has 1 unspecified atom stereocenters. The zero-order valence-electron chi connectivity index (χ0n) is 15.6. The number of halogens is 3. The molecule has 2 aliphatic heterocycles. The van der Waals surface area contributed by atoms with E-state index in [0.717, 1.165) is 0 Å². The first-order valence-corrected chi connectivity index (χ1v) is 9.03. The average molecular weight is 413 g/mol. The van der Waals surface area contributed by atoms with Gasteiger partial charge < -0.3 is 18.9 Å². The molecule has 11 heteroatoms. The maximum absolute atomic E-state index is 15.4. The molecule has 2 aliphatic rings. The first-order chi connectivity index (χ1) is 13.8. The number of fused-ring (bicyclic) bond motifs is 1. The summed E-state index contributed by atoms with van der Waals surface area (Å²) in [6, 6.07) is -0.301. The highest BCUT2D eigenvalue weighted by Crippen LogP contribution is 2.38. The van der Waals surface area contributed by atoms with Crippen molar-refractivity contribution < 1.29 is 36.8 Å². The maximum atomic E-state index is 15.4. The Balaban J connectivity index is 1.83. The van der Waals surface area contributed by atoms with E-state index in [0.29, 0.717) is 24.3 Å². The number of rotatable bonds is 4. The largest absolute Gasteiger partial charge is 0.447 e. The molecule has 29 heavy (non-hydrogen) atoms. The Morgan fingerprint density at radius 2 is 1.97 bits per heavy atom. The molecule has 0 saturated carbocycles. The number of cyclic esters (lactones) is 1. The molecule has 0 spiro atoms. The van der Waals surface area contributed by atoms with Gasteiger partial charge in [0.1, 0.15) is 12.6 Å². The maximum Gasteiger partial charge on any atom is 0.416 e. The number of benzene rings is 1. The summed E-state index contributed by atoms with van der Waals surface area (Å²) in [5.41, 5.74) is -0.325. The lowest BCUT2D eigenvalue weighted by Crippen LogP contribution is -2.46. The second kappa shape index (κ2) is 7.21. The van der Waals surface area contributed by atoms with Crippen LogP contribution >= 0.6 is 0 Å². The van der Waals surface area contributed by atoms with Crippen LogP contribution in [0.1, 0.15) is 24.2 Å². The monoisotopic (exact) mass is 413 g/mol. The van der Waals surface area contributed by atoms with E-state index in [-0.39, 0.29) is 40.2 Å². The number of aldehydes is 1. The van der Waals surface area contributed by atoms with E-state index in [1.54, 1.807) is 4.90 Å². The van der Waals surface area contributed by atoms with Crippen LogP contribution in [0.4, 0.5) is 29.5 Å². The Hall–Kier alpha value is -2.82. The molecule has 2 fully saturated rings. The lowest BCUT2D eigenvalue weighted by atomic mass is 10.1. The van der Waals surface area contributed by atoms with E-state index in [1.165, 1.54) is 6.07 Å². The summed E-state index contributed by atoms with van der Waals surface area (Å²) in [4.78, 5) is 26.0. The topological polar surface area (TPSA) is 85.1 Å². The van der Waals surface area contributed by atoms with Gasteiger partial charge in [-0.3, -0.25) is 4.79 Å². The molecule has 3 heterocycles. The highest BCUT2D eigenvalue weighted by atomic mass is 19.3. The fourth-order valence-electron chi connectivity index (χ4n) is 3.85. The third-order valence-corrected chi connectivity index (χ3v) is 4.98. The molecule has 4 rings (SSSR count). The molecule has 0 aliphatic carbocycles. The van der Waals surface area contributed by atoms with E-state index in [1.807, 2.05) is 13.8 Å². The van der Waals surface area contributed by atoms with Crippen LogP contribution in [0.2, 0.25) is 0 Å². The molecule has 0 N–H and O–H groups in total. The number of amides is 1. The lowest BCUT2D eigenvalue weighted by Gasteiger charge is -2.37. The molecular formula is C18H18F3N3O5. The van der Waals surface area contributed by atoms with Crippen molar-refractivity contribution in [2.24, 2.45) is 0 Å². The molecule has 156 valence electrons. The Morgan fingerprint density at radius 3 is 2.59 bits per heavy atom. The van der Waals surface area contributed by atoms with Gasteiger partial charge in [-0.2, -0.15) is 0 Å². The molecule has 2 saturated heterocycles. The fraction of sp³-hybridized carbons (Fsp3) is 0.500. The van der Waals surface area contributed by atoms with E-state index in [9.17, 15) is 18.4 Å². The molecule has 0 radical (unpaired) electrons. The summed E-state index contributed by atoms with van der Waals surface area (Å²) in [7, 11) is 0. The van der Waals surface area contributed by atoms with Crippen molar-refractivity contribution in [3.8, 4) is 0 Å². The Morgan fingerprint density at radius 1 is 1.28 bits per heavy atom. The number of hydrogen-bond acceptors (Lipinski definition) is 7. The summed E-state index contributed by atoms with van der Waals surface area (Å²) in [6.07, 6.45) is -3.86. The molecule has 0 bridgehead atoms. The van der Waals surface area contributed by atoms with Gasteiger partial charge in [-0.25, -0.2) is 22.9 Å². The van der Waals surface area contributed by atoms with Gasteiger partial charge >= 0.3 is 6.09 Å². The minimum atomic E-state index is -2.90. The van der Waals surface area contributed by atoms with Gasteiger partial charge in [-0.1, -0.05) is 5.16 Å². The molecule has 1 amide bonds. The van der Waals surface area contributed by atoms with Crippen LogP contribution < -0.4 is 9.80 Å². The molecule has 1 aromatic heterocycles. The summed E-state index contributed by atoms with van der Waals surface area (Å²) >= 11 is 0. The van der Waals surface area contributed by atoms with Crippen LogP contribution in [0.3, 0.4) is 0 Å². The van der Waals surface area contributed by atoms with Crippen molar-refractivity contribution in [1.82, 2.24) is 5.16 Å². The Labute approximate surface area is 163 Å². The standard InChI is InChI=1S/C18H18F3N3O5/c1-8-4-23(5-9(2)28-8)14-10(6-25)3-11-15(13(14)19)29-22-17(11)24-12(16(20)21)7-27-18(24)26/h3,6,8-9,12,16H,4-5,7H2,1-2H3/t8-,9-,12?/m1/s1.